The molecule has 4 heteroatoms. The minimum atomic E-state index is -0.208. The van der Waals surface area contributed by atoms with Gasteiger partial charge in [0, 0.05) is 18.0 Å². The minimum absolute atomic E-state index is 0.0521. The van der Waals surface area contributed by atoms with Crippen LogP contribution >= 0.6 is 0 Å². The van der Waals surface area contributed by atoms with Gasteiger partial charge in [-0.2, -0.15) is 0 Å². The van der Waals surface area contributed by atoms with Crippen LogP contribution in [0.2, 0.25) is 0 Å². The van der Waals surface area contributed by atoms with E-state index in [1.54, 1.807) is 19.1 Å². The van der Waals surface area contributed by atoms with Gasteiger partial charge in [-0.1, -0.05) is 12.1 Å². The lowest BCUT2D eigenvalue weighted by atomic mass is 9.77. The van der Waals surface area contributed by atoms with Crippen molar-refractivity contribution in [1.82, 2.24) is 5.32 Å². The Bertz CT molecular complexity index is 531. The van der Waals surface area contributed by atoms with Crippen LogP contribution in [0.3, 0.4) is 0 Å². The van der Waals surface area contributed by atoms with Gasteiger partial charge in [0.2, 0.25) is 0 Å². The highest BCUT2D eigenvalue weighted by molar-refractivity contribution is 5.75. The summed E-state index contributed by atoms with van der Waals surface area (Å²) in [7, 11) is 1.43. The van der Waals surface area contributed by atoms with Crippen molar-refractivity contribution < 1.29 is 13.9 Å². The lowest BCUT2D eigenvalue weighted by molar-refractivity contribution is -0.148. The monoisotopic (exact) mass is 276 g/mol. The number of esters is 1. The number of fused-ring (bicyclic) bond motifs is 2. The number of ether oxygens (including phenoxy) is 1. The average Bonchev–Trinajstić information content (AvgIpc) is 2.82. The molecule has 0 aliphatic carbocycles. The second kappa shape index (κ2) is 5.17. The largest absolute Gasteiger partial charge is 0.469 e. The molecule has 2 saturated heterocycles. The summed E-state index contributed by atoms with van der Waals surface area (Å²) in [5.41, 5.74) is 1.56. The van der Waals surface area contributed by atoms with Gasteiger partial charge in [0.1, 0.15) is 5.82 Å². The minimum Gasteiger partial charge on any atom is -0.469 e. The molecule has 108 valence electrons. The van der Waals surface area contributed by atoms with Crippen LogP contribution in [-0.2, 0) is 9.53 Å². The maximum Gasteiger partial charge on any atom is 0.310 e. The smallest absolute Gasteiger partial charge is 0.310 e. The number of halogens is 1. The molecule has 20 heavy (non-hydrogen) atoms. The number of benzene rings is 1. The van der Waals surface area contributed by atoms with Gasteiger partial charge < -0.3 is 10.1 Å². The van der Waals surface area contributed by atoms with Gasteiger partial charge in [-0.3, -0.25) is 4.79 Å². The molecule has 3 rings (SSSR count). The number of carbonyl (C=O) groups excluding carboxylic acids is 1. The van der Waals surface area contributed by atoms with Crippen molar-refractivity contribution in [2.75, 3.05) is 7.11 Å². The van der Waals surface area contributed by atoms with Crippen LogP contribution in [0.1, 0.15) is 36.3 Å². The summed E-state index contributed by atoms with van der Waals surface area (Å²) >= 11 is 0. The maximum atomic E-state index is 13.8. The summed E-state index contributed by atoms with van der Waals surface area (Å²) in [6.07, 6.45) is 2.96. The molecule has 0 saturated carbocycles. The van der Waals surface area contributed by atoms with Crippen LogP contribution in [-0.4, -0.2) is 25.2 Å². The third-order valence-electron chi connectivity index (χ3n) is 4.78. The number of hydrogen-bond donors (Lipinski definition) is 1. The van der Waals surface area contributed by atoms with E-state index >= 15 is 0 Å². The third kappa shape index (κ3) is 2.22. The van der Waals surface area contributed by atoms with E-state index < -0.39 is 0 Å². The van der Waals surface area contributed by atoms with Gasteiger partial charge in [0.15, 0.2) is 0 Å². The van der Waals surface area contributed by atoms with Gasteiger partial charge in [0.05, 0.1) is 13.0 Å². The summed E-state index contributed by atoms with van der Waals surface area (Å²) < 4.78 is 18.8. The van der Waals surface area contributed by atoms with E-state index in [1.807, 2.05) is 6.07 Å². The maximum absolute atomic E-state index is 13.8. The molecule has 0 radical (unpaired) electrons. The molecule has 4 atom stereocenters. The zero-order chi connectivity index (χ0) is 14.3. The number of methoxy groups -OCH3 is 1. The Hall–Kier alpha value is -1.42. The van der Waals surface area contributed by atoms with Crippen molar-refractivity contribution in [2.45, 2.75) is 44.2 Å². The Labute approximate surface area is 118 Å². The van der Waals surface area contributed by atoms with Gasteiger partial charge in [-0.05, 0) is 43.4 Å². The Balaban J connectivity index is 1.96. The Morgan fingerprint density at radius 2 is 2.20 bits per heavy atom. The molecule has 2 unspecified atom stereocenters. The van der Waals surface area contributed by atoms with E-state index in [4.69, 9.17) is 4.74 Å². The Morgan fingerprint density at radius 3 is 2.90 bits per heavy atom. The molecule has 0 aromatic heterocycles. The van der Waals surface area contributed by atoms with E-state index in [0.29, 0.717) is 11.6 Å². The lowest BCUT2D eigenvalue weighted by Crippen LogP contribution is -2.48. The highest BCUT2D eigenvalue weighted by atomic mass is 19.1. The first-order valence-corrected chi connectivity index (χ1v) is 7.20. The van der Waals surface area contributed by atoms with Crippen LogP contribution in [0.25, 0.3) is 0 Å². The Morgan fingerprint density at radius 1 is 1.40 bits per heavy atom. The molecule has 1 N–H and O–H groups in total. The van der Waals surface area contributed by atoms with Crippen molar-refractivity contribution in [1.29, 1.82) is 0 Å². The molecule has 2 fully saturated rings. The van der Waals surface area contributed by atoms with Crippen molar-refractivity contribution in [3.8, 4) is 0 Å². The number of rotatable bonds is 2. The second-order valence-electron chi connectivity index (χ2n) is 5.95. The summed E-state index contributed by atoms with van der Waals surface area (Å²) in [5.74, 6) is -0.539. The molecule has 2 aliphatic heterocycles. The van der Waals surface area contributed by atoms with Crippen LogP contribution in [0.4, 0.5) is 4.39 Å². The number of aryl methyl sites for hydroxylation is 1. The molecule has 2 aliphatic rings. The second-order valence-corrected chi connectivity index (χ2v) is 5.95. The summed E-state index contributed by atoms with van der Waals surface area (Å²) in [5, 5.41) is 3.49. The Kier molecular flexibility index (Phi) is 3.50. The fourth-order valence-electron chi connectivity index (χ4n) is 3.70. The first kappa shape index (κ1) is 13.6. The van der Waals surface area contributed by atoms with Gasteiger partial charge in [-0.25, -0.2) is 4.39 Å². The predicted octanol–water partition coefficient (Wildman–Crippen LogP) is 2.53. The van der Waals surface area contributed by atoms with E-state index in [-0.39, 0.29) is 29.7 Å². The fraction of sp³-hybridized carbons (Fsp3) is 0.562. The molecule has 1 aromatic carbocycles. The predicted molar refractivity (Wildman–Crippen MR) is 73.9 cm³/mol. The highest BCUT2D eigenvalue weighted by Crippen LogP contribution is 2.42. The van der Waals surface area contributed by atoms with Crippen LogP contribution < -0.4 is 5.32 Å². The van der Waals surface area contributed by atoms with Gasteiger partial charge in [-0.15, -0.1) is 0 Å². The van der Waals surface area contributed by atoms with Crippen LogP contribution in [0.15, 0.2) is 18.2 Å². The standard InChI is InChI=1S/C16H20FNO2/c1-9-3-4-10(7-13(9)17)12-8-11-5-6-14(18-11)15(12)16(19)20-2/h3-4,7,11-12,14-15,18H,5-6,8H2,1-2H3/t11?,12-,14?,15-/m0/s1/i2-1. The molecule has 1 aromatic rings. The zero-order valence-corrected chi connectivity index (χ0v) is 11.9. The van der Waals surface area contributed by atoms with Crippen molar-refractivity contribution in [2.24, 2.45) is 5.92 Å². The highest BCUT2D eigenvalue weighted by Gasteiger charge is 2.46. The lowest BCUT2D eigenvalue weighted by Gasteiger charge is -2.36. The average molecular weight is 276 g/mol. The number of hydrogen-bond acceptors (Lipinski definition) is 3. The normalized spacial score (nSPS) is 32.1. The number of nitrogens with one attached hydrogen (secondary N) is 1. The summed E-state index contributed by atoms with van der Waals surface area (Å²) in [4.78, 5) is 12.1. The molecule has 0 spiro atoms. The van der Waals surface area contributed by atoms with Gasteiger partial charge >= 0.3 is 5.97 Å². The molecular weight excluding hydrogens is 256 g/mol. The van der Waals surface area contributed by atoms with Crippen LogP contribution in [0.5, 0.6) is 0 Å². The SMILES string of the molecule is Cc1ccc([C@@H]2CC3CCC(N3)[C@H]2C(=O)O[11CH3])cc1F. The van der Waals surface area contributed by atoms with Crippen molar-refractivity contribution in [3.63, 3.8) is 0 Å². The van der Waals surface area contributed by atoms with Crippen molar-refractivity contribution >= 4 is 5.97 Å². The van der Waals surface area contributed by atoms with Crippen LogP contribution in [0, 0.1) is 18.7 Å². The van der Waals surface area contributed by atoms with Crippen molar-refractivity contribution in [3.05, 3.63) is 35.1 Å². The molecule has 3 nitrogen and oxygen atoms in total. The summed E-state index contributed by atoms with van der Waals surface area (Å²) in [6, 6.07) is 5.93. The quantitative estimate of drug-likeness (QED) is 0.844. The molecule has 0 amide bonds. The first-order valence-electron chi connectivity index (χ1n) is 7.20. The zero-order valence-electron chi connectivity index (χ0n) is 11.9. The third-order valence-corrected chi connectivity index (χ3v) is 4.78. The van der Waals surface area contributed by atoms with E-state index in [1.165, 1.54) is 7.11 Å². The van der Waals surface area contributed by atoms with E-state index in [2.05, 4.69) is 5.32 Å². The summed E-state index contributed by atoms with van der Waals surface area (Å²) in [6.45, 7) is 1.75. The molecule has 2 bridgehead atoms. The topological polar surface area (TPSA) is 38.3 Å². The molecular formula is C16H20FNO2. The number of carbonyl (C=O) groups is 1. The van der Waals surface area contributed by atoms with E-state index in [0.717, 1.165) is 24.8 Å². The first-order chi connectivity index (χ1) is 9.60. The molecule has 2 heterocycles. The van der Waals surface area contributed by atoms with E-state index in [9.17, 15) is 9.18 Å². The fourth-order valence-corrected chi connectivity index (χ4v) is 3.70. The van der Waals surface area contributed by atoms with Gasteiger partial charge in [0.25, 0.3) is 0 Å². The number of piperidine rings is 1.